The van der Waals surface area contributed by atoms with Crippen LogP contribution in [-0.2, 0) is 0 Å². The molecule has 1 aromatic carbocycles. The third kappa shape index (κ3) is 3.36. The van der Waals surface area contributed by atoms with Gasteiger partial charge in [0.05, 0.1) is 0 Å². The summed E-state index contributed by atoms with van der Waals surface area (Å²) in [7, 11) is 0. The average Bonchev–Trinajstić information content (AvgIpc) is 2.19. The van der Waals surface area contributed by atoms with E-state index >= 15 is 0 Å². The van der Waals surface area contributed by atoms with Gasteiger partial charge < -0.3 is 11.1 Å². The van der Waals surface area contributed by atoms with E-state index in [-0.39, 0.29) is 5.91 Å². The molecule has 0 radical (unpaired) electrons. The Labute approximate surface area is 88.2 Å². The largest absolute Gasteiger partial charge is 0.352 e. The van der Waals surface area contributed by atoms with Gasteiger partial charge in [0.2, 0.25) is 0 Å². The second-order valence-electron chi connectivity index (χ2n) is 2.91. The molecule has 0 atom stereocenters. The predicted molar refractivity (Wildman–Crippen MR) is 57.5 cm³/mol. The Morgan fingerprint density at radius 2 is 2.00 bits per heavy atom. The molecule has 0 aliphatic rings. The number of hydrogen-bond donors (Lipinski definition) is 2. The highest BCUT2D eigenvalue weighted by atomic mass is 35.5. The molecule has 0 unspecified atom stereocenters. The Kier molecular flexibility index (Phi) is 4.43. The monoisotopic (exact) mass is 212 g/mol. The van der Waals surface area contributed by atoms with Crippen molar-refractivity contribution in [3.05, 3.63) is 34.9 Å². The lowest BCUT2D eigenvalue weighted by molar-refractivity contribution is 0.0953. The van der Waals surface area contributed by atoms with Crippen LogP contribution in [-0.4, -0.2) is 19.0 Å². The molecule has 0 saturated heterocycles. The highest BCUT2D eigenvalue weighted by Gasteiger charge is 2.02. The van der Waals surface area contributed by atoms with Gasteiger partial charge in [-0.1, -0.05) is 11.6 Å². The van der Waals surface area contributed by atoms with Crippen molar-refractivity contribution < 1.29 is 4.79 Å². The van der Waals surface area contributed by atoms with E-state index < -0.39 is 0 Å². The van der Waals surface area contributed by atoms with E-state index in [1.54, 1.807) is 24.3 Å². The van der Waals surface area contributed by atoms with E-state index in [0.29, 0.717) is 23.7 Å². The highest BCUT2D eigenvalue weighted by Crippen LogP contribution is 2.09. The molecule has 1 aromatic rings. The zero-order chi connectivity index (χ0) is 10.4. The van der Waals surface area contributed by atoms with Crippen molar-refractivity contribution in [2.45, 2.75) is 6.42 Å². The van der Waals surface area contributed by atoms with E-state index in [4.69, 9.17) is 17.3 Å². The third-order valence-electron chi connectivity index (χ3n) is 1.77. The first kappa shape index (κ1) is 11.0. The van der Waals surface area contributed by atoms with Crippen LogP contribution in [0.1, 0.15) is 16.8 Å². The van der Waals surface area contributed by atoms with Gasteiger partial charge in [0.1, 0.15) is 0 Å². The summed E-state index contributed by atoms with van der Waals surface area (Å²) in [6, 6.07) is 6.78. The maximum atomic E-state index is 11.4. The van der Waals surface area contributed by atoms with Crippen LogP contribution in [0.2, 0.25) is 5.02 Å². The van der Waals surface area contributed by atoms with Gasteiger partial charge in [-0.05, 0) is 37.2 Å². The molecule has 0 aliphatic carbocycles. The Morgan fingerprint density at radius 3 is 2.57 bits per heavy atom. The van der Waals surface area contributed by atoms with Gasteiger partial charge in [0.25, 0.3) is 5.91 Å². The molecule has 0 aliphatic heterocycles. The first-order valence-corrected chi connectivity index (χ1v) is 4.85. The number of carbonyl (C=O) groups excluding carboxylic acids is 1. The molecule has 1 rings (SSSR count). The number of rotatable bonds is 4. The molecule has 0 saturated carbocycles. The average molecular weight is 213 g/mol. The fraction of sp³-hybridized carbons (Fsp3) is 0.300. The normalized spacial score (nSPS) is 9.86. The summed E-state index contributed by atoms with van der Waals surface area (Å²) in [6.07, 6.45) is 0.791. The van der Waals surface area contributed by atoms with E-state index in [9.17, 15) is 4.79 Å². The molecule has 76 valence electrons. The number of benzene rings is 1. The van der Waals surface area contributed by atoms with Crippen LogP contribution < -0.4 is 11.1 Å². The Hall–Kier alpha value is -1.06. The van der Waals surface area contributed by atoms with Gasteiger partial charge in [-0.2, -0.15) is 0 Å². The van der Waals surface area contributed by atoms with Gasteiger partial charge in [-0.25, -0.2) is 0 Å². The van der Waals surface area contributed by atoms with E-state index in [2.05, 4.69) is 5.32 Å². The van der Waals surface area contributed by atoms with Gasteiger partial charge in [-0.15, -0.1) is 0 Å². The minimum Gasteiger partial charge on any atom is -0.352 e. The number of carbonyl (C=O) groups is 1. The van der Waals surface area contributed by atoms with Gasteiger partial charge in [0, 0.05) is 17.1 Å². The molecule has 0 fully saturated rings. The third-order valence-corrected chi connectivity index (χ3v) is 2.02. The first-order chi connectivity index (χ1) is 6.74. The molecular weight excluding hydrogens is 200 g/mol. The van der Waals surface area contributed by atoms with Crippen molar-refractivity contribution in [2.24, 2.45) is 5.73 Å². The lowest BCUT2D eigenvalue weighted by Gasteiger charge is -2.03. The summed E-state index contributed by atoms with van der Waals surface area (Å²) >= 11 is 5.69. The quantitative estimate of drug-likeness (QED) is 0.742. The molecule has 0 aromatic heterocycles. The highest BCUT2D eigenvalue weighted by molar-refractivity contribution is 6.30. The number of hydrogen-bond acceptors (Lipinski definition) is 2. The number of amides is 1. The number of nitrogens with one attached hydrogen (secondary N) is 1. The summed E-state index contributed by atoms with van der Waals surface area (Å²) in [5.74, 6) is -0.0879. The van der Waals surface area contributed by atoms with Crippen LogP contribution in [0.15, 0.2) is 24.3 Å². The van der Waals surface area contributed by atoms with Crippen LogP contribution >= 0.6 is 11.6 Å². The SMILES string of the molecule is NCCCNC(=O)c1ccc(Cl)cc1. The number of halogens is 1. The maximum Gasteiger partial charge on any atom is 0.251 e. The summed E-state index contributed by atoms with van der Waals surface area (Å²) in [5, 5.41) is 3.39. The van der Waals surface area contributed by atoms with Crippen molar-refractivity contribution in [1.82, 2.24) is 5.32 Å². The van der Waals surface area contributed by atoms with Crippen molar-refractivity contribution in [3.8, 4) is 0 Å². The van der Waals surface area contributed by atoms with Crippen LogP contribution in [0.3, 0.4) is 0 Å². The van der Waals surface area contributed by atoms with Gasteiger partial charge >= 0.3 is 0 Å². The summed E-state index contributed by atoms with van der Waals surface area (Å²) in [4.78, 5) is 11.4. The summed E-state index contributed by atoms with van der Waals surface area (Å²) in [5.41, 5.74) is 5.92. The Morgan fingerprint density at radius 1 is 1.36 bits per heavy atom. The second kappa shape index (κ2) is 5.62. The molecule has 0 heterocycles. The molecule has 14 heavy (non-hydrogen) atoms. The molecule has 0 bridgehead atoms. The lowest BCUT2D eigenvalue weighted by atomic mass is 10.2. The molecule has 3 N–H and O–H groups in total. The molecular formula is C10H13ClN2O. The van der Waals surface area contributed by atoms with E-state index in [1.807, 2.05) is 0 Å². The molecule has 0 spiro atoms. The molecule has 4 heteroatoms. The fourth-order valence-electron chi connectivity index (χ4n) is 1.01. The molecule has 1 amide bonds. The smallest absolute Gasteiger partial charge is 0.251 e. The van der Waals surface area contributed by atoms with Gasteiger partial charge in [-0.3, -0.25) is 4.79 Å². The van der Waals surface area contributed by atoms with E-state index in [0.717, 1.165) is 6.42 Å². The topological polar surface area (TPSA) is 55.1 Å². The van der Waals surface area contributed by atoms with Crippen molar-refractivity contribution in [2.75, 3.05) is 13.1 Å². The van der Waals surface area contributed by atoms with Gasteiger partial charge in [0.15, 0.2) is 0 Å². The van der Waals surface area contributed by atoms with Crippen LogP contribution in [0.5, 0.6) is 0 Å². The Bertz CT molecular complexity index is 297. The second-order valence-corrected chi connectivity index (χ2v) is 3.34. The lowest BCUT2D eigenvalue weighted by Crippen LogP contribution is -2.25. The van der Waals surface area contributed by atoms with Crippen molar-refractivity contribution in [1.29, 1.82) is 0 Å². The minimum atomic E-state index is -0.0879. The van der Waals surface area contributed by atoms with Crippen LogP contribution in [0, 0.1) is 0 Å². The predicted octanol–water partition coefficient (Wildman–Crippen LogP) is 1.42. The zero-order valence-corrected chi connectivity index (χ0v) is 8.55. The standard InChI is InChI=1S/C10H13ClN2O/c11-9-4-2-8(3-5-9)10(14)13-7-1-6-12/h2-5H,1,6-7,12H2,(H,13,14). The number of nitrogens with two attached hydrogens (primary N) is 1. The van der Waals surface area contributed by atoms with E-state index in [1.165, 1.54) is 0 Å². The first-order valence-electron chi connectivity index (χ1n) is 4.48. The minimum absolute atomic E-state index is 0.0879. The molecule has 3 nitrogen and oxygen atoms in total. The van der Waals surface area contributed by atoms with Crippen molar-refractivity contribution in [3.63, 3.8) is 0 Å². The maximum absolute atomic E-state index is 11.4. The summed E-state index contributed by atoms with van der Waals surface area (Å²) in [6.45, 7) is 1.19. The van der Waals surface area contributed by atoms with Crippen molar-refractivity contribution >= 4 is 17.5 Å². The fourth-order valence-corrected chi connectivity index (χ4v) is 1.13. The Balaban J connectivity index is 2.48. The summed E-state index contributed by atoms with van der Waals surface area (Å²) < 4.78 is 0. The zero-order valence-electron chi connectivity index (χ0n) is 7.79. The van der Waals surface area contributed by atoms with Crippen LogP contribution in [0.4, 0.5) is 0 Å². The van der Waals surface area contributed by atoms with Crippen LogP contribution in [0.25, 0.3) is 0 Å².